The van der Waals surface area contributed by atoms with Crippen LogP contribution < -0.4 is 5.73 Å². The van der Waals surface area contributed by atoms with Crippen molar-refractivity contribution in [3.8, 4) is 21.8 Å². The molecule has 168 valence electrons. The second-order valence-electron chi connectivity index (χ2n) is 7.82. The van der Waals surface area contributed by atoms with Gasteiger partial charge in [0.05, 0.1) is 11.0 Å². The first-order chi connectivity index (χ1) is 16.4. The summed E-state index contributed by atoms with van der Waals surface area (Å²) < 4.78 is 14.5. The van der Waals surface area contributed by atoms with Crippen LogP contribution in [0.25, 0.3) is 32.9 Å². The molecular formula is C26H18ClFN4OS. The van der Waals surface area contributed by atoms with Crippen LogP contribution in [0.15, 0.2) is 66.9 Å². The quantitative estimate of drug-likeness (QED) is 0.319. The summed E-state index contributed by atoms with van der Waals surface area (Å²) in [6.45, 7) is 1.96. The van der Waals surface area contributed by atoms with Gasteiger partial charge in [-0.25, -0.2) is 19.3 Å². The van der Waals surface area contributed by atoms with Gasteiger partial charge in [-0.2, -0.15) is 0 Å². The third-order valence-corrected chi connectivity index (χ3v) is 6.93. The highest BCUT2D eigenvalue weighted by atomic mass is 35.5. The van der Waals surface area contributed by atoms with Crippen molar-refractivity contribution in [2.45, 2.75) is 13.3 Å². The number of benzene rings is 3. The Morgan fingerprint density at radius 3 is 2.68 bits per heavy atom. The number of primary amides is 1. The maximum absolute atomic E-state index is 14.5. The second kappa shape index (κ2) is 8.93. The monoisotopic (exact) mass is 488 g/mol. The van der Waals surface area contributed by atoms with E-state index >= 15 is 0 Å². The van der Waals surface area contributed by atoms with Crippen LogP contribution in [0.5, 0.6) is 0 Å². The van der Waals surface area contributed by atoms with Crippen molar-refractivity contribution < 1.29 is 9.18 Å². The van der Waals surface area contributed by atoms with Gasteiger partial charge in [-0.1, -0.05) is 41.9 Å². The number of thiazole rings is 1. The van der Waals surface area contributed by atoms with Crippen LogP contribution in [0, 0.1) is 12.7 Å². The average Bonchev–Trinajstić information content (AvgIpc) is 3.29. The molecule has 0 saturated heterocycles. The normalized spacial score (nSPS) is 11.1. The Hall–Kier alpha value is -3.68. The van der Waals surface area contributed by atoms with E-state index in [1.54, 1.807) is 35.6 Å². The molecule has 34 heavy (non-hydrogen) atoms. The van der Waals surface area contributed by atoms with Gasteiger partial charge in [-0.05, 0) is 48.4 Å². The molecule has 0 spiro atoms. The first-order valence-corrected chi connectivity index (χ1v) is 11.7. The van der Waals surface area contributed by atoms with E-state index in [4.69, 9.17) is 17.3 Å². The Morgan fingerprint density at radius 1 is 1.09 bits per heavy atom. The van der Waals surface area contributed by atoms with Gasteiger partial charge in [-0.3, -0.25) is 4.79 Å². The summed E-state index contributed by atoms with van der Waals surface area (Å²) in [5.74, 6) is -1.26. The van der Waals surface area contributed by atoms with Gasteiger partial charge in [-0.15, -0.1) is 11.3 Å². The molecule has 1 amide bonds. The number of carbonyl (C=O) groups is 1. The number of amides is 1. The number of aromatic nitrogens is 3. The van der Waals surface area contributed by atoms with Gasteiger partial charge in [0.1, 0.15) is 16.5 Å². The lowest BCUT2D eigenvalue weighted by atomic mass is 10.1. The number of para-hydroxylation sites is 1. The number of nitrogens with two attached hydrogens (primary N) is 1. The Balaban J connectivity index is 1.58. The predicted octanol–water partition coefficient (Wildman–Crippen LogP) is 6.21. The number of hydrogen-bond acceptors (Lipinski definition) is 5. The molecule has 2 N–H and O–H groups in total. The molecule has 2 aromatic heterocycles. The molecule has 2 heterocycles. The smallest absolute Gasteiger partial charge is 0.269 e. The summed E-state index contributed by atoms with van der Waals surface area (Å²) >= 11 is 7.73. The van der Waals surface area contributed by atoms with Crippen molar-refractivity contribution >= 4 is 39.9 Å². The fraction of sp³-hybridized carbons (Fsp3) is 0.0769. The van der Waals surface area contributed by atoms with Crippen LogP contribution in [0.2, 0.25) is 5.02 Å². The van der Waals surface area contributed by atoms with E-state index < -0.39 is 11.7 Å². The predicted molar refractivity (Wildman–Crippen MR) is 134 cm³/mol. The van der Waals surface area contributed by atoms with Crippen LogP contribution >= 0.6 is 22.9 Å². The molecule has 0 fully saturated rings. The molecule has 8 heteroatoms. The molecule has 0 bridgehead atoms. The van der Waals surface area contributed by atoms with Gasteiger partial charge in [0.25, 0.3) is 5.91 Å². The molecule has 0 saturated carbocycles. The Labute approximate surface area is 204 Å². The lowest BCUT2D eigenvalue weighted by molar-refractivity contribution is 0.0996. The minimum Gasteiger partial charge on any atom is -0.364 e. The highest BCUT2D eigenvalue weighted by molar-refractivity contribution is 7.15. The highest BCUT2D eigenvalue weighted by Gasteiger charge is 2.19. The van der Waals surface area contributed by atoms with E-state index in [1.807, 2.05) is 43.5 Å². The van der Waals surface area contributed by atoms with Crippen molar-refractivity contribution in [3.05, 3.63) is 99.4 Å². The molecule has 5 rings (SSSR count). The molecule has 5 nitrogen and oxygen atoms in total. The van der Waals surface area contributed by atoms with Gasteiger partial charge >= 0.3 is 0 Å². The second-order valence-corrected chi connectivity index (χ2v) is 9.34. The van der Waals surface area contributed by atoms with Crippen molar-refractivity contribution in [1.29, 1.82) is 0 Å². The van der Waals surface area contributed by atoms with E-state index in [0.717, 1.165) is 31.6 Å². The van der Waals surface area contributed by atoms with E-state index in [9.17, 15) is 9.18 Å². The Bertz CT molecular complexity index is 1570. The number of carbonyl (C=O) groups excluding carboxylic acids is 1. The Morgan fingerprint density at radius 2 is 1.91 bits per heavy atom. The zero-order chi connectivity index (χ0) is 23.8. The fourth-order valence-corrected chi connectivity index (χ4v) is 4.83. The van der Waals surface area contributed by atoms with Crippen LogP contribution in [0.1, 0.15) is 26.5 Å². The first-order valence-electron chi connectivity index (χ1n) is 10.5. The summed E-state index contributed by atoms with van der Waals surface area (Å²) in [6.07, 6.45) is 2.40. The van der Waals surface area contributed by atoms with Crippen molar-refractivity contribution in [2.75, 3.05) is 0 Å². The molecule has 3 aromatic carbocycles. The number of halogens is 2. The highest BCUT2D eigenvalue weighted by Crippen LogP contribution is 2.31. The van der Waals surface area contributed by atoms with Crippen LogP contribution in [-0.4, -0.2) is 20.9 Å². The summed E-state index contributed by atoms with van der Waals surface area (Å²) in [4.78, 5) is 26.8. The lowest BCUT2D eigenvalue weighted by Crippen LogP contribution is -2.16. The summed E-state index contributed by atoms with van der Waals surface area (Å²) in [5, 5.41) is 1.61. The van der Waals surface area contributed by atoms with E-state index in [0.29, 0.717) is 17.5 Å². The SMILES string of the molecule is Cc1cc(-c2ncc(Cc3cccc4nc(C(N)=O)c(-c5ccccc5F)nc34)s2)ccc1Cl. The number of fused-ring (bicyclic) bond motifs is 1. The topological polar surface area (TPSA) is 81.8 Å². The lowest BCUT2D eigenvalue weighted by Gasteiger charge is -2.11. The zero-order valence-electron chi connectivity index (χ0n) is 18.0. The third-order valence-electron chi connectivity index (χ3n) is 5.46. The number of aryl methyl sites for hydroxylation is 1. The molecule has 5 aromatic rings. The number of hydrogen-bond donors (Lipinski definition) is 1. The average molecular weight is 489 g/mol. The molecule has 0 unspecified atom stereocenters. The van der Waals surface area contributed by atoms with Gasteiger partial charge in [0.2, 0.25) is 0 Å². The summed E-state index contributed by atoms with van der Waals surface area (Å²) in [6, 6.07) is 17.5. The third kappa shape index (κ3) is 4.16. The maximum atomic E-state index is 14.5. The zero-order valence-corrected chi connectivity index (χ0v) is 19.6. The standard InChI is InChI=1S/C26H18ClFN4OS/c1-14-11-16(9-10-19(14)27)26-30-13-17(34-26)12-15-5-4-8-21-22(15)32-23(24(31-21)25(29)33)18-6-2-3-7-20(18)28/h2-11,13H,12H2,1H3,(H2,29,33). The molecule has 0 aliphatic carbocycles. The minimum atomic E-state index is -0.761. The van der Waals surface area contributed by atoms with Gasteiger partial charge in [0, 0.05) is 33.6 Å². The van der Waals surface area contributed by atoms with E-state index in [2.05, 4.69) is 15.0 Å². The van der Waals surface area contributed by atoms with Crippen molar-refractivity contribution in [3.63, 3.8) is 0 Å². The molecule has 0 radical (unpaired) electrons. The van der Waals surface area contributed by atoms with E-state index in [-0.39, 0.29) is 17.0 Å². The van der Waals surface area contributed by atoms with Crippen LogP contribution in [0.3, 0.4) is 0 Å². The summed E-state index contributed by atoms with van der Waals surface area (Å²) in [5.41, 5.74) is 9.79. The number of nitrogens with zero attached hydrogens (tertiary/aromatic N) is 3. The summed E-state index contributed by atoms with van der Waals surface area (Å²) in [7, 11) is 0. The Kier molecular flexibility index (Phi) is 5.81. The first kappa shape index (κ1) is 22.1. The van der Waals surface area contributed by atoms with Gasteiger partial charge in [0.15, 0.2) is 5.69 Å². The fourth-order valence-electron chi connectivity index (χ4n) is 3.78. The van der Waals surface area contributed by atoms with E-state index in [1.165, 1.54) is 6.07 Å². The van der Waals surface area contributed by atoms with Gasteiger partial charge < -0.3 is 5.73 Å². The molecule has 0 aliphatic rings. The molecule has 0 atom stereocenters. The molecule has 0 aliphatic heterocycles. The van der Waals surface area contributed by atoms with Crippen molar-refractivity contribution in [2.24, 2.45) is 5.73 Å². The minimum absolute atomic E-state index is 0.0621. The largest absolute Gasteiger partial charge is 0.364 e. The molecular weight excluding hydrogens is 471 g/mol. The number of rotatable bonds is 5. The van der Waals surface area contributed by atoms with Crippen molar-refractivity contribution in [1.82, 2.24) is 15.0 Å². The maximum Gasteiger partial charge on any atom is 0.269 e. The van der Waals surface area contributed by atoms with Crippen LogP contribution in [0.4, 0.5) is 4.39 Å². The van der Waals surface area contributed by atoms with Crippen LogP contribution in [-0.2, 0) is 6.42 Å².